The highest BCUT2D eigenvalue weighted by Crippen LogP contribution is 2.43. The highest BCUT2D eigenvalue weighted by Gasteiger charge is 2.42. The van der Waals surface area contributed by atoms with Crippen molar-refractivity contribution < 1.29 is 5.11 Å². The van der Waals surface area contributed by atoms with E-state index >= 15 is 0 Å². The van der Waals surface area contributed by atoms with Crippen LogP contribution in [0.4, 0.5) is 5.69 Å². The molecular weight excluding hydrogens is 392 g/mol. The molecule has 1 saturated carbocycles. The van der Waals surface area contributed by atoms with Gasteiger partial charge in [0.15, 0.2) is 5.11 Å². The lowest BCUT2D eigenvalue weighted by Gasteiger charge is -2.32. The van der Waals surface area contributed by atoms with Crippen LogP contribution in [-0.2, 0) is 0 Å². The van der Waals surface area contributed by atoms with Crippen LogP contribution in [0.15, 0.2) is 67.0 Å². The Morgan fingerprint density at radius 2 is 1.77 bits per heavy atom. The average molecular weight is 419 g/mol. The maximum absolute atomic E-state index is 9.78. The van der Waals surface area contributed by atoms with Crippen molar-refractivity contribution in [3.05, 3.63) is 78.4 Å². The van der Waals surface area contributed by atoms with Crippen molar-refractivity contribution in [2.45, 2.75) is 50.2 Å². The molecule has 1 aliphatic heterocycles. The Morgan fingerprint density at radius 3 is 2.50 bits per heavy atom. The van der Waals surface area contributed by atoms with Gasteiger partial charge in [-0.3, -0.25) is 4.98 Å². The van der Waals surface area contributed by atoms with Gasteiger partial charge in [0.1, 0.15) is 11.8 Å². The van der Waals surface area contributed by atoms with Gasteiger partial charge in [0, 0.05) is 29.8 Å². The summed E-state index contributed by atoms with van der Waals surface area (Å²) in [6, 6.07) is 18.1. The minimum Gasteiger partial charge on any atom is -0.508 e. The molecule has 2 atom stereocenters. The van der Waals surface area contributed by atoms with Crippen molar-refractivity contribution >= 4 is 23.0 Å². The molecule has 0 unspecified atom stereocenters. The second kappa shape index (κ2) is 8.11. The molecule has 5 rings (SSSR count). The number of benzene rings is 1. The zero-order valence-electron chi connectivity index (χ0n) is 16.8. The van der Waals surface area contributed by atoms with E-state index in [1.807, 2.05) is 30.5 Å². The molecule has 154 valence electrons. The van der Waals surface area contributed by atoms with Gasteiger partial charge in [-0.05, 0) is 73.6 Å². The summed E-state index contributed by atoms with van der Waals surface area (Å²) in [5.41, 5.74) is 3.19. The van der Waals surface area contributed by atoms with Gasteiger partial charge in [-0.25, -0.2) is 0 Å². The monoisotopic (exact) mass is 418 g/mol. The molecule has 2 N–H and O–H groups in total. The first kappa shape index (κ1) is 19.1. The summed E-state index contributed by atoms with van der Waals surface area (Å²) < 4.78 is 2.46. The number of phenolic OH excluding ortho intramolecular Hbond substituents is 1. The number of phenols is 1. The molecule has 0 bridgehead atoms. The highest BCUT2D eigenvalue weighted by molar-refractivity contribution is 7.80. The van der Waals surface area contributed by atoms with Crippen LogP contribution < -0.4 is 10.2 Å². The topological polar surface area (TPSA) is 53.3 Å². The summed E-state index contributed by atoms with van der Waals surface area (Å²) in [6.07, 6.45) is 10.4. The predicted molar refractivity (Wildman–Crippen MR) is 123 cm³/mol. The van der Waals surface area contributed by atoms with Crippen LogP contribution in [-0.4, -0.2) is 19.8 Å². The highest BCUT2D eigenvalue weighted by atomic mass is 32.1. The number of aromatic hydroxyl groups is 1. The Balaban J connectivity index is 1.61. The smallest absolute Gasteiger partial charge is 0.174 e. The van der Waals surface area contributed by atoms with Crippen LogP contribution in [0.25, 0.3) is 0 Å². The molecular formula is C24H26N4OS. The number of thiocarbonyl (C=S) groups is 1. The van der Waals surface area contributed by atoms with E-state index in [4.69, 9.17) is 12.2 Å². The summed E-state index contributed by atoms with van der Waals surface area (Å²) in [5, 5.41) is 14.0. The number of nitrogens with one attached hydrogen (secondary N) is 1. The summed E-state index contributed by atoms with van der Waals surface area (Å²) >= 11 is 5.80. The summed E-state index contributed by atoms with van der Waals surface area (Å²) in [5.74, 6) is 0.250. The van der Waals surface area contributed by atoms with Crippen LogP contribution in [0.1, 0.15) is 61.6 Å². The Bertz CT molecular complexity index is 1010. The first-order valence-electron chi connectivity index (χ1n) is 10.7. The van der Waals surface area contributed by atoms with E-state index in [2.05, 4.69) is 44.2 Å². The van der Waals surface area contributed by atoms with Crippen LogP contribution in [0.5, 0.6) is 5.75 Å². The minimum atomic E-state index is -0.0512. The van der Waals surface area contributed by atoms with Crippen LogP contribution in [0, 0.1) is 0 Å². The Kier molecular flexibility index (Phi) is 5.17. The van der Waals surface area contributed by atoms with Gasteiger partial charge in [0.05, 0.1) is 11.7 Å². The van der Waals surface area contributed by atoms with Gasteiger partial charge in [-0.2, -0.15) is 0 Å². The van der Waals surface area contributed by atoms with Gasteiger partial charge >= 0.3 is 0 Å². The Morgan fingerprint density at radius 1 is 0.967 bits per heavy atom. The van der Waals surface area contributed by atoms with E-state index in [0.717, 1.165) is 11.4 Å². The molecule has 1 aromatic carbocycles. The number of pyridine rings is 1. The molecule has 6 heteroatoms. The van der Waals surface area contributed by atoms with E-state index in [9.17, 15) is 5.11 Å². The van der Waals surface area contributed by atoms with E-state index in [1.165, 1.54) is 37.8 Å². The summed E-state index contributed by atoms with van der Waals surface area (Å²) in [7, 11) is 0. The van der Waals surface area contributed by atoms with Crippen molar-refractivity contribution in [2.24, 2.45) is 0 Å². The lowest BCUT2D eigenvalue weighted by atomic mass is 9.94. The first-order chi connectivity index (χ1) is 14.7. The number of aromatic nitrogens is 2. The number of nitrogens with zero attached hydrogens (tertiary/aromatic N) is 3. The van der Waals surface area contributed by atoms with E-state index in [1.54, 1.807) is 12.1 Å². The molecule has 0 spiro atoms. The molecule has 1 aliphatic carbocycles. The van der Waals surface area contributed by atoms with Crippen LogP contribution >= 0.6 is 12.2 Å². The maximum Gasteiger partial charge on any atom is 0.174 e. The molecule has 2 aliphatic rings. The molecule has 1 saturated heterocycles. The third kappa shape index (κ3) is 3.45. The van der Waals surface area contributed by atoms with Crippen molar-refractivity contribution in [1.29, 1.82) is 0 Å². The summed E-state index contributed by atoms with van der Waals surface area (Å²) in [6.45, 7) is 0. The quantitative estimate of drug-likeness (QED) is 0.565. The summed E-state index contributed by atoms with van der Waals surface area (Å²) in [4.78, 5) is 6.81. The molecule has 0 radical (unpaired) electrons. The van der Waals surface area contributed by atoms with E-state index < -0.39 is 0 Å². The van der Waals surface area contributed by atoms with Crippen molar-refractivity contribution in [2.75, 3.05) is 4.90 Å². The molecule has 2 fully saturated rings. The van der Waals surface area contributed by atoms with Crippen LogP contribution in [0.3, 0.4) is 0 Å². The second-order valence-electron chi connectivity index (χ2n) is 8.15. The van der Waals surface area contributed by atoms with Crippen molar-refractivity contribution in [3.8, 4) is 5.75 Å². The molecule has 3 aromatic rings. The van der Waals surface area contributed by atoms with Crippen LogP contribution in [0.2, 0.25) is 0 Å². The zero-order chi connectivity index (χ0) is 20.5. The SMILES string of the molecule is Oc1ccc(N2C(=S)N[C@H](c3ccccn3)[C@@H]2c2cccn2C2CCCCC2)cc1. The van der Waals surface area contributed by atoms with E-state index in [0.29, 0.717) is 11.2 Å². The lowest BCUT2D eigenvalue weighted by molar-refractivity contribution is 0.340. The third-order valence-electron chi connectivity index (χ3n) is 6.31. The zero-order valence-corrected chi connectivity index (χ0v) is 17.6. The minimum absolute atomic E-state index is 0.0196. The second-order valence-corrected chi connectivity index (χ2v) is 8.53. The standard InChI is InChI=1S/C24H26N4OS/c29-19-13-11-18(12-14-19)28-23(22(26-24(28)30)20-9-4-5-15-25-20)21-10-6-16-27(21)17-7-2-1-3-8-17/h4-6,9-17,22-23,29H,1-3,7-8H2,(H,26,30)/t22-,23+/m1/s1. The number of rotatable bonds is 4. The van der Waals surface area contributed by atoms with E-state index in [-0.39, 0.29) is 17.8 Å². The maximum atomic E-state index is 9.78. The lowest BCUT2D eigenvalue weighted by Crippen LogP contribution is -2.31. The average Bonchev–Trinajstić information content (AvgIpc) is 3.40. The predicted octanol–water partition coefficient (Wildman–Crippen LogP) is 5.27. The van der Waals surface area contributed by atoms with Crippen molar-refractivity contribution in [3.63, 3.8) is 0 Å². The van der Waals surface area contributed by atoms with Gasteiger partial charge < -0.3 is 19.9 Å². The van der Waals surface area contributed by atoms with Gasteiger partial charge in [0.2, 0.25) is 0 Å². The fourth-order valence-corrected chi connectivity index (χ4v) is 5.24. The Hall–Kier alpha value is -2.86. The largest absolute Gasteiger partial charge is 0.508 e. The molecule has 30 heavy (non-hydrogen) atoms. The van der Waals surface area contributed by atoms with Gasteiger partial charge in [-0.15, -0.1) is 0 Å². The molecule has 2 aromatic heterocycles. The number of anilines is 1. The molecule has 3 heterocycles. The normalized spacial score (nSPS) is 22.3. The Labute approximate surface area is 182 Å². The fourth-order valence-electron chi connectivity index (χ4n) is 4.90. The third-order valence-corrected chi connectivity index (χ3v) is 6.62. The van der Waals surface area contributed by atoms with Gasteiger partial charge in [0.25, 0.3) is 0 Å². The first-order valence-corrected chi connectivity index (χ1v) is 11.1. The van der Waals surface area contributed by atoms with Gasteiger partial charge in [-0.1, -0.05) is 25.3 Å². The molecule has 0 amide bonds. The number of hydrogen-bond donors (Lipinski definition) is 2. The van der Waals surface area contributed by atoms with Crippen molar-refractivity contribution in [1.82, 2.24) is 14.9 Å². The molecule has 5 nitrogen and oxygen atoms in total. The number of hydrogen-bond acceptors (Lipinski definition) is 3. The fraction of sp³-hybridized carbons (Fsp3) is 0.333.